The molecule has 1 atom stereocenters. The van der Waals surface area contributed by atoms with Crippen LogP contribution in [-0.4, -0.2) is 28.5 Å². The van der Waals surface area contributed by atoms with Crippen LogP contribution < -0.4 is 5.32 Å². The predicted molar refractivity (Wildman–Crippen MR) is 70.8 cm³/mol. The summed E-state index contributed by atoms with van der Waals surface area (Å²) in [4.78, 5) is 16.1. The Bertz CT molecular complexity index is 415. The number of hydrogen-bond donors (Lipinski definition) is 1. The topological polar surface area (TPSA) is 64.1 Å². The number of aromatic nitrogens is 2. The first-order valence-corrected chi connectivity index (χ1v) is 7.05. The van der Waals surface area contributed by atoms with Crippen molar-refractivity contribution in [2.24, 2.45) is 5.92 Å². The van der Waals surface area contributed by atoms with Crippen molar-refractivity contribution < 1.29 is 9.53 Å². The number of ether oxygens (including phenoxy) is 1. The van der Waals surface area contributed by atoms with Gasteiger partial charge < -0.3 is 10.1 Å². The lowest BCUT2D eigenvalue weighted by Gasteiger charge is -2.17. The molecule has 6 heteroatoms. The third-order valence-corrected chi connectivity index (χ3v) is 3.54. The molecule has 0 aliphatic heterocycles. The van der Waals surface area contributed by atoms with Crippen molar-refractivity contribution in [2.45, 2.75) is 45.1 Å². The van der Waals surface area contributed by atoms with Crippen molar-refractivity contribution in [2.75, 3.05) is 12.4 Å². The van der Waals surface area contributed by atoms with Crippen molar-refractivity contribution in [1.82, 2.24) is 9.36 Å². The summed E-state index contributed by atoms with van der Waals surface area (Å²) in [5.41, 5.74) is 0. The molecule has 0 aromatic carbocycles. The molecule has 2 rings (SSSR count). The van der Waals surface area contributed by atoms with E-state index >= 15 is 0 Å². The minimum absolute atomic E-state index is 0.244. The molecule has 0 bridgehead atoms. The molecule has 1 heterocycles. The van der Waals surface area contributed by atoms with Crippen LogP contribution in [0.5, 0.6) is 0 Å². The molecule has 100 valence electrons. The number of nitrogens with one attached hydrogen (secondary N) is 1. The molecule has 0 amide bonds. The Morgan fingerprint density at radius 2 is 2.28 bits per heavy atom. The minimum Gasteiger partial charge on any atom is -0.467 e. The van der Waals surface area contributed by atoms with Gasteiger partial charge in [-0.3, -0.25) is 0 Å². The van der Waals surface area contributed by atoms with Gasteiger partial charge in [0.1, 0.15) is 11.9 Å². The van der Waals surface area contributed by atoms with Gasteiger partial charge in [-0.2, -0.15) is 4.37 Å². The summed E-state index contributed by atoms with van der Waals surface area (Å²) >= 11 is 1.32. The van der Waals surface area contributed by atoms with Gasteiger partial charge in [-0.05, 0) is 25.2 Å². The summed E-state index contributed by atoms with van der Waals surface area (Å²) in [6.45, 7) is 4.15. The second-order valence-electron chi connectivity index (χ2n) is 5.08. The van der Waals surface area contributed by atoms with E-state index in [1.807, 2.05) is 0 Å². The van der Waals surface area contributed by atoms with Crippen molar-refractivity contribution in [3.05, 3.63) is 5.82 Å². The monoisotopic (exact) mass is 269 g/mol. The maximum Gasteiger partial charge on any atom is 0.328 e. The van der Waals surface area contributed by atoms with Gasteiger partial charge >= 0.3 is 5.97 Å². The number of carbonyl (C=O) groups excluding carboxylic acids is 1. The zero-order valence-electron chi connectivity index (χ0n) is 11.0. The normalized spacial score (nSPS) is 16.7. The van der Waals surface area contributed by atoms with Gasteiger partial charge in [0.25, 0.3) is 0 Å². The Hall–Kier alpha value is -1.17. The zero-order chi connectivity index (χ0) is 13.1. The van der Waals surface area contributed by atoms with Crippen molar-refractivity contribution >= 4 is 22.6 Å². The van der Waals surface area contributed by atoms with Crippen molar-refractivity contribution in [3.8, 4) is 0 Å². The van der Waals surface area contributed by atoms with E-state index in [0.29, 0.717) is 17.0 Å². The summed E-state index contributed by atoms with van der Waals surface area (Å²) < 4.78 is 9.12. The predicted octanol–water partition coefficient (Wildman–Crippen LogP) is 2.42. The molecule has 1 saturated carbocycles. The lowest BCUT2D eigenvalue weighted by Crippen LogP contribution is -2.32. The van der Waals surface area contributed by atoms with Gasteiger partial charge in [0, 0.05) is 17.5 Å². The van der Waals surface area contributed by atoms with E-state index in [1.165, 1.54) is 31.5 Å². The van der Waals surface area contributed by atoms with Crippen LogP contribution in [0.1, 0.15) is 44.9 Å². The fourth-order valence-corrected chi connectivity index (χ4v) is 2.48. The quantitative estimate of drug-likeness (QED) is 0.803. The first kappa shape index (κ1) is 13.3. The largest absolute Gasteiger partial charge is 0.467 e. The van der Waals surface area contributed by atoms with Crippen molar-refractivity contribution in [3.63, 3.8) is 0 Å². The van der Waals surface area contributed by atoms with Crippen LogP contribution in [0.15, 0.2) is 0 Å². The Morgan fingerprint density at radius 1 is 1.56 bits per heavy atom. The highest BCUT2D eigenvalue weighted by Crippen LogP contribution is 2.39. The summed E-state index contributed by atoms with van der Waals surface area (Å²) in [7, 11) is 1.41. The molecule has 1 aliphatic rings. The number of anilines is 1. The summed E-state index contributed by atoms with van der Waals surface area (Å²) in [5, 5.41) is 3.85. The second kappa shape index (κ2) is 5.65. The standard InChI is InChI=1S/C12H19N3O2S/c1-7(2)6-9(11(16)17-3)13-12-14-10(15-18-12)8-4-5-8/h7-9H,4-6H2,1-3H3,(H,13,14,15). The highest BCUT2D eigenvalue weighted by Gasteiger charge is 2.29. The molecular formula is C12H19N3O2S. The van der Waals surface area contributed by atoms with Gasteiger partial charge in [0.05, 0.1) is 7.11 Å². The molecule has 1 unspecified atom stereocenters. The Balaban J connectivity index is 1.99. The summed E-state index contributed by atoms with van der Waals surface area (Å²) in [5.74, 6) is 1.62. The molecule has 1 aliphatic carbocycles. The van der Waals surface area contributed by atoms with Crippen LogP contribution in [-0.2, 0) is 9.53 Å². The number of carbonyl (C=O) groups is 1. The molecule has 5 nitrogen and oxygen atoms in total. The van der Waals surface area contributed by atoms with E-state index in [0.717, 1.165) is 12.2 Å². The average Bonchev–Trinajstić information content (AvgIpc) is 3.08. The molecule has 0 saturated heterocycles. The van der Waals surface area contributed by atoms with Gasteiger partial charge in [-0.25, -0.2) is 9.78 Å². The lowest BCUT2D eigenvalue weighted by molar-refractivity contribution is -0.141. The maximum absolute atomic E-state index is 11.7. The van der Waals surface area contributed by atoms with Crippen LogP contribution in [0.2, 0.25) is 0 Å². The lowest BCUT2D eigenvalue weighted by atomic mass is 10.0. The third-order valence-electron chi connectivity index (χ3n) is 2.87. The summed E-state index contributed by atoms with van der Waals surface area (Å²) in [6, 6.07) is -0.338. The fourth-order valence-electron chi connectivity index (χ4n) is 1.78. The van der Waals surface area contributed by atoms with Crippen LogP contribution in [0.25, 0.3) is 0 Å². The first-order chi connectivity index (χ1) is 8.60. The smallest absolute Gasteiger partial charge is 0.328 e. The highest BCUT2D eigenvalue weighted by atomic mass is 32.1. The third kappa shape index (κ3) is 3.41. The Morgan fingerprint density at radius 3 is 2.83 bits per heavy atom. The van der Waals surface area contributed by atoms with Crippen molar-refractivity contribution in [1.29, 1.82) is 0 Å². The minimum atomic E-state index is -0.338. The molecular weight excluding hydrogens is 250 g/mol. The SMILES string of the molecule is COC(=O)C(CC(C)C)Nc1nc(C2CC2)ns1. The van der Waals surface area contributed by atoms with E-state index in [1.54, 1.807) is 0 Å². The second-order valence-corrected chi connectivity index (χ2v) is 5.83. The zero-order valence-corrected chi connectivity index (χ0v) is 11.8. The van der Waals surface area contributed by atoms with E-state index in [-0.39, 0.29) is 12.0 Å². The van der Waals surface area contributed by atoms with Crippen LogP contribution in [0.4, 0.5) is 5.13 Å². The maximum atomic E-state index is 11.7. The number of nitrogens with zero attached hydrogens (tertiary/aromatic N) is 2. The molecule has 18 heavy (non-hydrogen) atoms. The van der Waals surface area contributed by atoms with Crippen LogP contribution in [0, 0.1) is 5.92 Å². The van der Waals surface area contributed by atoms with Crippen LogP contribution >= 0.6 is 11.5 Å². The number of methoxy groups -OCH3 is 1. The number of hydrogen-bond acceptors (Lipinski definition) is 6. The van der Waals surface area contributed by atoms with Gasteiger partial charge in [0.2, 0.25) is 5.13 Å². The highest BCUT2D eigenvalue weighted by molar-refractivity contribution is 7.09. The Kier molecular flexibility index (Phi) is 4.16. The number of rotatable bonds is 6. The fraction of sp³-hybridized carbons (Fsp3) is 0.750. The van der Waals surface area contributed by atoms with Crippen LogP contribution in [0.3, 0.4) is 0 Å². The number of esters is 1. The van der Waals surface area contributed by atoms with Gasteiger partial charge in [0.15, 0.2) is 0 Å². The molecule has 1 N–H and O–H groups in total. The molecule has 1 fully saturated rings. The van der Waals surface area contributed by atoms with Gasteiger partial charge in [-0.1, -0.05) is 13.8 Å². The molecule has 1 aromatic heterocycles. The molecule has 0 radical (unpaired) electrons. The summed E-state index contributed by atoms with van der Waals surface area (Å²) in [6.07, 6.45) is 3.09. The van der Waals surface area contributed by atoms with Gasteiger partial charge in [-0.15, -0.1) is 0 Å². The van der Waals surface area contributed by atoms with E-state index < -0.39 is 0 Å². The molecule has 1 aromatic rings. The first-order valence-electron chi connectivity index (χ1n) is 6.28. The molecule has 0 spiro atoms. The van der Waals surface area contributed by atoms with E-state index in [4.69, 9.17) is 4.74 Å². The van der Waals surface area contributed by atoms with E-state index in [9.17, 15) is 4.79 Å². The Labute approximate surface area is 111 Å². The average molecular weight is 269 g/mol. The van der Waals surface area contributed by atoms with E-state index in [2.05, 4.69) is 28.5 Å².